The molecule has 2 rings (SSSR count). The topological polar surface area (TPSA) is 54.3 Å². The third-order valence-corrected chi connectivity index (χ3v) is 4.94. The molecule has 7 heteroatoms. The van der Waals surface area contributed by atoms with E-state index in [1.807, 2.05) is 17.2 Å². The third kappa shape index (κ3) is 4.83. The summed E-state index contributed by atoms with van der Waals surface area (Å²) < 4.78 is 1.70. The molecule has 126 valence electrons. The van der Waals surface area contributed by atoms with Crippen LogP contribution in [-0.4, -0.2) is 41.1 Å². The number of halogens is 1. The molecule has 5 nitrogen and oxygen atoms in total. The second-order valence-electron chi connectivity index (χ2n) is 5.61. The minimum absolute atomic E-state index is 0. The maximum Gasteiger partial charge on any atom is 0.307 e. The zero-order chi connectivity index (χ0) is 15.2. The van der Waals surface area contributed by atoms with Gasteiger partial charge in [0.2, 0.25) is 5.91 Å². The minimum Gasteiger partial charge on any atom is -0.340 e. The van der Waals surface area contributed by atoms with Gasteiger partial charge in [-0.2, -0.15) is 0 Å². The van der Waals surface area contributed by atoms with Gasteiger partial charge in [-0.25, -0.2) is 0 Å². The average molecular weight is 348 g/mol. The lowest BCUT2D eigenvalue weighted by molar-refractivity contribution is -0.134. The third-order valence-electron chi connectivity index (χ3n) is 4.06. The average Bonchev–Trinajstić information content (AvgIpc) is 2.82. The Bertz CT molecular complexity index is 523. The lowest BCUT2D eigenvalue weighted by Crippen LogP contribution is -2.46. The molecule has 1 aromatic heterocycles. The first-order valence-corrected chi connectivity index (χ1v) is 8.66. The summed E-state index contributed by atoms with van der Waals surface area (Å²) in [4.78, 5) is 26.3. The normalized spacial score (nSPS) is 15.4. The van der Waals surface area contributed by atoms with E-state index in [0.717, 1.165) is 44.6 Å². The quantitative estimate of drug-likeness (QED) is 0.856. The second-order valence-corrected chi connectivity index (χ2v) is 6.43. The Morgan fingerprint density at radius 3 is 2.68 bits per heavy atom. The Morgan fingerprint density at radius 1 is 1.45 bits per heavy atom. The number of aromatic nitrogens is 1. The Morgan fingerprint density at radius 2 is 2.14 bits per heavy atom. The summed E-state index contributed by atoms with van der Waals surface area (Å²) in [5.41, 5.74) is 0.946. The van der Waals surface area contributed by atoms with Gasteiger partial charge >= 0.3 is 4.87 Å². The number of hydrogen-bond donors (Lipinski definition) is 1. The van der Waals surface area contributed by atoms with Gasteiger partial charge in [0.1, 0.15) is 0 Å². The smallest absolute Gasteiger partial charge is 0.307 e. The summed E-state index contributed by atoms with van der Waals surface area (Å²) in [5, 5.41) is 5.19. The van der Waals surface area contributed by atoms with E-state index >= 15 is 0 Å². The molecular formula is C15H26ClN3O2S. The first-order chi connectivity index (χ1) is 10.1. The number of carbonyl (C=O) groups excluding carboxylic acids is 1. The largest absolute Gasteiger partial charge is 0.340 e. The number of aryl methyl sites for hydroxylation is 1. The minimum atomic E-state index is 0. The van der Waals surface area contributed by atoms with E-state index in [1.165, 1.54) is 11.3 Å². The predicted octanol–water partition coefficient (Wildman–Crippen LogP) is 2.02. The fraction of sp³-hybridized carbons (Fsp3) is 0.733. The number of nitrogens with zero attached hydrogens (tertiary/aromatic N) is 2. The predicted molar refractivity (Wildman–Crippen MR) is 93.1 cm³/mol. The molecule has 1 saturated heterocycles. The van der Waals surface area contributed by atoms with E-state index in [-0.39, 0.29) is 23.2 Å². The lowest BCUT2D eigenvalue weighted by atomic mass is 10.0. The number of amides is 1. The van der Waals surface area contributed by atoms with Crippen LogP contribution >= 0.6 is 23.7 Å². The zero-order valence-electron chi connectivity index (χ0n) is 13.3. The van der Waals surface area contributed by atoms with Crippen molar-refractivity contribution in [1.29, 1.82) is 0 Å². The molecule has 0 spiro atoms. The van der Waals surface area contributed by atoms with Crippen molar-refractivity contribution in [1.82, 2.24) is 14.8 Å². The van der Waals surface area contributed by atoms with E-state index in [4.69, 9.17) is 0 Å². The van der Waals surface area contributed by atoms with Crippen molar-refractivity contribution in [3.8, 4) is 0 Å². The number of thiazole rings is 1. The summed E-state index contributed by atoms with van der Waals surface area (Å²) >= 11 is 1.20. The fourth-order valence-electron chi connectivity index (χ4n) is 2.90. The van der Waals surface area contributed by atoms with E-state index in [0.29, 0.717) is 19.0 Å². The number of nitrogens with one attached hydrogen (secondary N) is 1. The Kier molecular flexibility index (Phi) is 8.14. The molecule has 1 amide bonds. The molecule has 0 saturated carbocycles. The number of hydrogen-bond acceptors (Lipinski definition) is 4. The molecule has 1 aliphatic rings. The van der Waals surface area contributed by atoms with Crippen LogP contribution in [0.3, 0.4) is 0 Å². The summed E-state index contributed by atoms with van der Waals surface area (Å²) in [6, 6.07) is 0.360. The van der Waals surface area contributed by atoms with Crippen molar-refractivity contribution < 1.29 is 4.79 Å². The van der Waals surface area contributed by atoms with Gasteiger partial charge in [0, 0.05) is 36.6 Å². The van der Waals surface area contributed by atoms with E-state index in [9.17, 15) is 9.59 Å². The highest BCUT2D eigenvalue weighted by molar-refractivity contribution is 7.07. The van der Waals surface area contributed by atoms with Crippen LogP contribution in [0.25, 0.3) is 0 Å². The SMILES string of the molecule is CCCN(C(=O)CCn1c(C)csc1=O)C1CCNCC1.Cl. The van der Waals surface area contributed by atoms with Crippen molar-refractivity contribution in [2.24, 2.45) is 0 Å². The number of carbonyl (C=O) groups is 1. The molecule has 1 fully saturated rings. The lowest BCUT2D eigenvalue weighted by Gasteiger charge is -2.34. The van der Waals surface area contributed by atoms with Crippen molar-refractivity contribution in [2.75, 3.05) is 19.6 Å². The second kappa shape index (κ2) is 9.33. The standard InChI is InChI=1S/C15H25N3O2S.ClH/c1-3-9-18(13-4-7-16-8-5-13)14(19)6-10-17-12(2)11-21-15(17)20;/h11,13,16H,3-10H2,1-2H3;1H. The molecule has 0 aliphatic carbocycles. The van der Waals surface area contributed by atoms with Gasteiger partial charge in [0.25, 0.3) is 0 Å². The highest BCUT2D eigenvalue weighted by Crippen LogP contribution is 2.14. The molecule has 0 radical (unpaired) electrons. The molecule has 1 aromatic rings. The van der Waals surface area contributed by atoms with Crippen molar-refractivity contribution in [2.45, 2.75) is 52.1 Å². The summed E-state index contributed by atoms with van der Waals surface area (Å²) in [6.45, 7) is 7.32. The summed E-state index contributed by atoms with van der Waals surface area (Å²) in [7, 11) is 0. The van der Waals surface area contributed by atoms with Gasteiger partial charge in [0.05, 0.1) is 0 Å². The van der Waals surface area contributed by atoms with Crippen molar-refractivity contribution >= 4 is 29.7 Å². The fourth-order valence-corrected chi connectivity index (χ4v) is 3.66. The van der Waals surface area contributed by atoms with Crippen LogP contribution in [0.1, 0.15) is 38.3 Å². The van der Waals surface area contributed by atoms with Crippen LogP contribution in [0.2, 0.25) is 0 Å². The molecule has 0 aromatic carbocycles. The zero-order valence-corrected chi connectivity index (χ0v) is 15.0. The molecule has 0 bridgehead atoms. The van der Waals surface area contributed by atoms with Gasteiger partial charge in [0.15, 0.2) is 0 Å². The van der Waals surface area contributed by atoms with E-state index < -0.39 is 0 Å². The van der Waals surface area contributed by atoms with Gasteiger partial charge < -0.3 is 14.8 Å². The summed E-state index contributed by atoms with van der Waals surface area (Å²) in [5.74, 6) is 0.182. The Balaban J connectivity index is 0.00000242. The van der Waals surface area contributed by atoms with Crippen LogP contribution in [0.15, 0.2) is 10.2 Å². The van der Waals surface area contributed by atoms with Crippen LogP contribution in [0.5, 0.6) is 0 Å². The first kappa shape index (κ1) is 19.2. The van der Waals surface area contributed by atoms with Gasteiger partial charge in [-0.1, -0.05) is 18.3 Å². The highest BCUT2D eigenvalue weighted by Gasteiger charge is 2.24. The summed E-state index contributed by atoms with van der Waals surface area (Å²) in [6.07, 6.45) is 3.46. The van der Waals surface area contributed by atoms with Gasteiger partial charge in [-0.3, -0.25) is 9.59 Å². The van der Waals surface area contributed by atoms with E-state index in [2.05, 4.69) is 12.2 Å². The van der Waals surface area contributed by atoms with Crippen LogP contribution in [0.4, 0.5) is 0 Å². The van der Waals surface area contributed by atoms with Crippen LogP contribution < -0.4 is 10.2 Å². The Hall–Kier alpha value is -0.850. The monoisotopic (exact) mass is 347 g/mol. The Labute approximate surface area is 142 Å². The molecule has 22 heavy (non-hydrogen) atoms. The van der Waals surface area contributed by atoms with Gasteiger partial charge in [-0.05, 0) is 39.3 Å². The first-order valence-electron chi connectivity index (χ1n) is 7.78. The van der Waals surface area contributed by atoms with Crippen molar-refractivity contribution in [3.05, 3.63) is 20.7 Å². The van der Waals surface area contributed by atoms with Crippen LogP contribution in [0, 0.1) is 6.92 Å². The molecule has 2 heterocycles. The van der Waals surface area contributed by atoms with E-state index in [1.54, 1.807) is 4.57 Å². The van der Waals surface area contributed by atoms with Crippen molar-refractivity contribution in [3.63, 3.8) is 0 Å². The number of rotatable bonds is 6. The molecule has 1 aliphatic heterocycles. The van der Waals surface area contributed by atoms with Gasteiger partial charge in [-0.15, -0.1) is 12.4 Å². The molecular weight excluding hydrogens is 322 g/mol. The maximum absolute atomic E-state index is 12.5. The highest BCUT2D eigenvalue weighted by atomic mass is 35.5. The molecule has 0 unspecified atom stereocenters. The number of piperidine rings is 1. The molecule has 0 atom stereocenters. The molecule has 1 N–H and O–H groups in total. The van der Waals surface area contributed by atoms with Crippen LogP contribution in [-0.2, 0) is 11.3 Å². The maximum atomic E-state index is 12.5.